The van der Waals surface area contributed by atoms with E-state index in [1.807, 2.05) is 12.1 Å². The summed E-state index contributed by atoms with van der Waals surface area (Å²) < 4.78 is 4.92. The Balaban J connectivity index is 1.78. The number of carbonyl (C=O) groups is 1. The Bertz CT molecular complexity index is 905. The van der Waals surface area contributed by atoms with Gasteiger partial charge in [-0.15, -0.1) is 0 Å². The Kier molecular flexibility index (Phi) is 3.95. The molecule has 1 aliphatic carbocycles. The number of carbonyl (C=O) groups excluding carboxylic acids is 1. The number of hydrogen-bond acceptors (Lipinski definition) is 5. The van der Waals surface area contributed by atoms with Crippen molar-refractivity contribution in [3.63, 3.8) is 0 Å². The highest BCUT2D eigenvalue weighted by Crippen LogP contribution is 2.50. The summed E-state index contributed by atoms with van der Waals surface area (Å²) in [5.74, 6) is 0.130. The molecule has 2 aromatic carbocycles. The predicted molar refractivity (Wildman–Crippen MR) is 97.2 cm³/mol. The minimum atomic E-state index is -0.400. The van der Waals surface area contributed by atoms with Crippen LogP contribution in [-0.4, -0.2) is 18.0 Å². The molecule has 1 heterocycles. The van der Waals surface area contributed by atoms with Crippen LogP contribution >= 0.6 is 0 Å². The van der Waals surface area contributed by atoms with Crippen LogP contribution in [0.5, 0.6) is 0 Å². The van der Waals surface area contributed by atoms with Gasteiger partial charge in [0.2, 0.25) is 0 Å². The second-order valence-corrected chi connectivity index (χ2v) is 6.59. The summed E-state index contributed by atoms with van der Waals surface area (Å²) in [6, 6.07) is 12.3. The van der Waals surface area contributed by atoms with Crippen molar-refractivity contribution < 1.29 is 14.5 Å². The van der Waals surface area contributed by atoms with Gasteiger partial charge in [-0.1, -0.05) is 36.4 Å². The second-order valence-electron chi connectivity index (χ2n) is 6.59. The molecule has 132 valence electrons. The third-order valence-electron chi connectivity index (χ3n) is 5.27. The third-order valence-corrected chi connectivity index (χ3v) is 5.27. The molecular weight excluding hydrogens is 332 g/mol. The molecule has 2 aliphatic rings. The molecule has 0 bridgehead atoms. The first-order valence-electron chi connectivity index (χ1n) is 8.49. The number of hydrogen-bond donors (Lipinski definition) is 1. The SMILES string of the molecule is COC(=O)c1cccc2c1N[C@@H](c1ccc([N+](=O)[O-])cc1)[C@@H]1CC=C[C@H]21. The van der Waals surface area contributed by atoms with Gasteiger partial charge in [-0.3, -0.25) is 10.1 Å². The van der Waals surface area contributed by atoms with Crippen molar-refractivity contribution in [1.82, 2.24) is 0 Å². The predicted octanol–water partition coefficient (Wildman–Crippen LogP) is 4.21. The van der Waals surface area contributed by atoms with Gasteiger partial charge in [-0.2, -0.15) is 0 Å². The highest BCUT2D eigenvalue weighted by atomic mass is 16.6. The lowest BCUT2D eigenvalue weighted by molar-refractivity contribution is -0.384. The lowest BCUT2D eigenvalue weighted by Gasteiger charge is -2.38. The quantitative estimate of drug-likeness (QED) is 0.388. The van der Waals surface area contributed by atoms with Crippen LogP contribution in [0, 0.1) is 16.0 Å². The average molecular weight is 350 g/mol. The molecule has 0 unspecified atom stereocenters. The van der Waals surface area contributed by atoms with Crippen LogP contribution in [0.15, 0.2) is 54.6 Å². The zero-order valence-corrected chi connectivity index (χ0v) is 14.2. The van der Waals surface area contributed by atoms with E-state index in [0.717, 1.165) is 23.2 Å². The molecule has 0 spiro atoms. The zero-order valence-electron chi connectivity index (χ0n) is 14.2. The topological polar surface area (TPSA) is 81.5 Å². The van der Waals surface area contributed by atoms with Crippen molar-refractivity contribution in [3.05, 3.63) is 81.4 Å². The number of nitrogens with zero attached hydrogens (tertiary/aromatic N) is 1. The average Bonchev–Trinajstić information content (AvgIpc) is 3.16. The lowest BCUT2D eigenvalue weighted by Crippen LogP contribution is -2.30. The van der Waals surface area contributed by atoms with Crippen LogP contribution in [0.25, 0.3) is 0 Å². The normalized spacial score (nSPS) is 22.9. The Hall–Kier alpha value is -3.15. The van der Waals surface area contributed by atoms with E-state index in [1.54, 1.807) is 18.2 Å². The van der Waals surface area contributed by atoms with E-state index < -0.39 is 4.92 Å². The monoisotopic (exact) mass is 350 g/mol. The summed E-state index contributed by atoms with van der Waals surface area (Å²) in [7, 11) is 1.37. The van der Waals surface area contributed by atoms with Crippen molar-refractivity contribution in [2.45, 2.75) is 18.4 Å². The molecule has 0 saturated carbocycles. The number of rotatable bonds is 3. The highest BCUT2D eigenvalue weighted by molar-refractivity contribution is 5.97. The number of anilines is 1. The first kappa shape index (κ1) is 16.3. The van der Waals surface area contributed by atoms with Crippen molar-refractivity contribution in [1.29, 1.82) is 0 Å². The summed E-state index contributed by atoms with van der Waals surface area (Å²) >= 11 is 0. The van der Waals surface area contributed by atoms with E-state index >= 15 is 0 Å². The van der Waals surface area contributed by atoms with Crippen molar-refractivity contribution in [2.24, 2.45) is 5.92 Å². The number of non-ortho nitro benzene ring substituents is 1. The van der Waals surface area contributed by atoms with Gasteiger partial charge in [-0.25, -0.2) is 4.79 Å². The standard InChI is InChI=1S/C20H18N2O4/c1-26-20(23)17-7-3-6-16-14-4-2-5-15(14)18(21-19(16)17)12-8-10-13(11-9-12)22(24)25/h2-4,6-11,14-15,18,21H,5H2,1H3/t14-,15+,18-/m0/s1. The van der Waals surface area contributed by atoms with Gasteiger partial charge < -0.3 is 10.1 Å². The number of methoxy groups -OCH3 is 1. The lowest BCUT2D eigenvalue weighted by atomic mass is 9.76. The van der Waals surface area contributed by atoms with Gasteiger partial charge in [0.15, 0.2) is 0 Å². The van der Waals surface area contributed by atoms with Gasteiger partial charge in [0.05, 0.1) is 29.3 Å². The molecule has 0 saturated heterocycles. The van der Waals surface area contributed by atoms with Crippen LogP contribution in [0.3, 0.4) is 0 Å². The number of nitro groups is 1. The van der Waals surface area contributed by atoms with E-state index in [-0.39, 0.29) is 23.6 Å². The van der Waals surface area contributed by atoms with E-state index in [9.17, 15) is 14.9 Å². The van der Waals surface area contributed by atoms with Crippen molar-refractivity contribution in [3.8, 4) is 0 Å². The number of ether oxygens (including phenoxy) is 1. The number of benzene rings is 2. The maximum Gasteiger partial charge on any atom is 0.339 e. The number of nitrogens with one attached hydrogen (secondary N) is 1. The molecule has 1 aliphatic heterocycles. The third kappa shape index (κ3) is 2.54. The fraction of sp³-hybridized carbons (Fsp3) is 0.250. The molecule has 0 fully saturated rings. The highest BCUT2D eigenvalue weighted by Gasteiger charge is 2.39. The smallest absolute Gasteiger partial charge is 0.339 e. The second kappa shape index (κ2) is 6.29. The maximum atomic E-state index is 12.2. The molecule has 2 aromatic rings. The van der Waals surface area contributed by atoms with Crippen LogP contribution in [0.4, 0.5) is 11.4 Å². The van der Waals surface area contributed by atoms with E-state index in [0.29, 0.717) is 11.5 Å². The minimum absolute atomic E-state index is 0.0332. The first-order valence-corrected chi connectivity index (χ1v) is 8.49. The number of para-hydroxylation sites is 1. The Morgan fingerprint density at radius 2 is 2.00 bits per heavy atom. The Morgan fingerprint density at radius 1 is 1.23 bits per heavy atom. The molecule has 26 heavy (non-hydrogen) atoms. The van der Waals surface area contributed by atoms with Gasteiger partial charge >= 0.3 is 5.97 Å². The fourth-order valence-corrected chi connectivity index (χ4v) is 4.03. The van der Waals surface area contributed by atoms with Crippen LogP contribution in [-0.2, 0) is 4.74 Å². The molecule has 6 heteroatoms. The zero-order chi connectivity index (χ0) is 18.3. The minimum Gasteiger partial charge on any atom is -0.465 e. The summed E-state index contributed by atoms with van der Waals surface area (Å²) in [5, 5.41) is 14.4. The summed E-state index contributed by atoms with van der Waals surface area (Å²) in [6.07, 6.45) is 5.26. The molecule has 1 N–H and O–H groups in total. The molecule has 3 atom stereocenters. The van der Waals surface area contributed by atoms with Crippen LogP contribution in [0.1, 0.15) is 39.9 Å². The van der Waals surface area contributed by atoms with Crippen LogP contribution in [0.2, 0.25) is 0 Å². The summed E-state index contributed by atoms with van der Waals surface area (Å²) in [4.78, 5) is 22.7. The molecule has 0 amide bonds. The van der Waals surface area contributed by atoms with Gasteiger partial charge in [-0.05, 0) is 29.5 Å². The number of allylic oxidation sites excluding steroid dienone is 2. The molecule has 6 nitrogen and oxygen atoms in total. The Morgan fingerprint density at radius 3 is 2.69 bits per heavy atom. The molecule has 4 rings (SSSR count). The largest absolute Gasteiger partial charge is 0.465 e. The van der Waals surface area contributed by atoms with Gasteiger partial charge in [0, 0.05) is 18.1 Å². The molecule has 0 aromatic heterocycles. The fourth-order valence-electron chi connectivity index (χ4n) is 4.03. The van der Waals surface area contributed by atoms with Gasteiger partial charge in [0.25, 0.3) is 5.69 Å². The van der Waals surface area contributed by atoms with Gasteiger partial charge in [0.1, 0.15) is 0 Å². The molecule has 0 radical (unpaired) electrons. The number of nitro benzene ring substituents is 1. The van der Waals surface area contributed by atoms with Crippen molar-refractivity contribution >= 4 is 17.3 Å². The van der Waals surface area contributed by atoms with E-state index in [4.69, 9.17) is 4.74 Å². The summed E-state index contributed by atoms with van der Waals surface area (Å²) in [6.45, 7) is 0. The van der Waals surface area contributed by atoms with E-state index in [1.165, 1.54) is 19.2 Å². The van der Waals surface area contributed by atoms with Crippen LogP contribution < -0.4 is 5.32 Å². The Labute approximate surface area is 150 Å². The number of fused-ring (bicyclic) bond motifs is 3. The first-order chi connectivity index (χ1) is 12.6. The molecular formula is C20H18N2O4. The van der Waals surface area contributed by atoms with E-state index in [2.05, 4.69) is 17.5 Å². The van der Waals surface area contributed by atoms with Crippen molar-refractivity contribution in [2.75, 3.05) is 12.4 Å². The maximum absolute atomic E-state index is 12.2. The number of esters is 1. The summed E-state index contributed by atoms with van der Waals surface area (Å²) in [5.41, 5.74) is 3.43.